The van der Waals surface area contributed by atoms with Crippen LogP contribution in [0.25, 0.3) is 0 Å². The quantitative estimate of drug-likeness (QED) is 0.710. The zero-order valence-corrected chi connectivity index (χ0v) is 17.3. The summed E-state index contributed by atoms with van der Waals surface area (Å²) < 4.78 is 5.54. The minimum Gasteiger partial charge on any atom is -0.378 e. The van der Waals surface area contributed by atoms with Crippen molar-refractivity contribution in [2.75, 3.05) is 45.7 Å². The molecule has 0 spiro atoms. The maximum Gasteiger partial charge on any atom is 0.253 e. The maximum atomic E-state index is 12.6. The van der Waals surface area contributed by atoms with E-state index in [-0.39, 0.29) is 30.2 Å². The van der Waals surface area contributed by atoms with Gasteiger partial charge in [0.15, 0.2) is 5.78 Å². The number of amides is 2. The van der Waals surface area contributed by atoms with Crippen LogP contribution >= 0.6 is 0 Å². The average Bonchev–Trinajstić information content (AvgIpc) is 2.75. The normalized spacial score (nSPS) is 16.7. The number of carbonyl (C=O) groups is 3. The van der Waals surface area contributed by atoms with E-state index in [0.717, 1.165) is 0 Å². The standard InChI is InChI=1S/C23H27N3O4/c1-25(2)23(29)18-8-10-19(11-9-18)24-22(28)15-26-12-13-30-16-20(26)14-21(27)17-6-4-3-5-7-17/h3-11,20H,12-16H2,1-2H3,(H,24,28). The number of nitrogens with zero attached hydrogens (tertiary/aromatic N) is 2. The second-order valence-corrected chi connectivity index (χ2v) is 7.52. The van der Waals surface area contributed by atoms with Crippen LogP contribution in [0, 0.1) is 0 Å². The highest BCUT2D eigenvalue weighted by Gasteiger charge is 2.27. The van der Waals surface area contributed by atoms with Crippen LogP contribution in [0.2, 0.25) is 0 Å². The van der Waals surface area contributed by atoms with Crippen LogP contribution in [0.1, 0.15) is 27.1 Å². The number of Topliss-reactive ketones (excluding diaryl/α,β-unsaturated/α-hetero) is 1. The summed E-state index contributed by atoms with van der Waals surface area (Å²) in [5, 5.41) is 2.86. The molecule has 1 unspecified atom stereocenters. The molecule has 1 heterocycles. The van der Waals surface area contributed by atoms with Gasteiger partial charge in [-0.05, 0) is 24.3 Å². The van der Waals surface area contributed by atoms with E-state index in [1.54, 1.807) is 50.5 Å². The van der Waals surface area contributed by atoms with Crippen molar-refractivity contribution in [2.24, 2.45) is 0 Å². The average molecular weight is 409 g/mol. The third-order valence-corrected chi connectivity index (χ3v) is 5.03. The minimum atomic E-state index is -0.166. The number of morpholine rings is 1. The fourth-order valence-electron chi connectivity index (χ4n) is 3.38. The van der Waals surface area contributed by atoms with E-state index in [1.807, 2.05) is 23.1 Å². The molecule has 1 fully saturated rings. The lowest BCUT2D eigenvalue weighted by atomic mass is 10.0. The van der Waals surface area contributed by atoms with Crippen molar-refractivity contribution >= 4 is 23.3 Å². The van der Waals surface area contributed by atoms with Gasteiger partial charge in [0.25, 0.3) is 5.91 Å². The van der Waals surface area contributed by atoms with Gasteiger partial charge in [-0.3, -0.25) is 19.3 Å². The first-order chi connectivity index (χ1) is 14.4. The molecule has 1 aliphatic rings. The summed E-state index contributed by atoms with van der Waals surface area (Å²) in [6.07, 6.45) is 0.304. The maximum absolute atomic E-state index is 12.6. The molecule has 2 aromatic rings. The van der Waals surface area contributed by atoms with E-state index < -0.39 is 0 Å². The Bertz CT molecular complexity index is 881. The zero-order chi connectivity index (χ0) is 21.5. The number of ether oxygens (including phenoxy) is 1. The van der Waals surface area contributed by atoms with E-state index in [9.17, 15) is 14.4 Å². The molecule has 1 aliphatic heterocycles. The fraction of sp³-hybridized carbons (Fsp3) is 0.348. The molecule has 0 aromatic heterocycles. The van der Waals surface area contributed by atoms with Crippen molar-refractivity contribution in [3.63, 3.8) is 0 Å². The first kappa shape index (κ1) is 21.7. The van der Waals surface area contributed by atoms with Crippen LogP contribution in [-0.2, 0) is 9.53 Å². The van der Waals surface area contributed by atoms with Gasteiger partial charge in [0.2, 0.25) is 5.91 Å². The van der Waals surface area contributed by atoms with Gasteiger partial charge in [0, 0.05) is 49.9 Å². The summed E-state index contributed by atoms with van der Waals surface area (Å²) >= 11 is 0. The Hall–Kier alpha value is -3.03. The van der Waals surface area contributed by atoms with E-state index in [4.69, 9.17) is 4.74 Å². The lowest BCUT2D eigenvalue weighted by Crippen LogP contribution is -2.49. The van der Waals surface area contributed by atoms with Crippen LogP contribution in [0.4, 0.5) is 5.69 Å². The molecule has 0 bridgehead atoms. The molecule has 2 aromatic carbocycles. The first-order valence-electron chi connectivity index (χ1n) is 9.95. The largest absolute Gasteiger partial charge is 0.378 e. The van der Waals surface area contributed by atoms with Crippen molar-refractivity contribution in [1.82, 2.24) is 9.80 Å². The molecule has 7 nitrogen and oxygen atoms in total. The predicted molar refractivity (Wildman–Crippen MR) is 115 cm³/mol. The van der Waals surface area contributed by atoms with E-state index in [2.05, 4.69) is 5.32 Å². The van der Waals surface area contributed by atoms with Crippen LogP contribution in [0.3, 0.4) is 0 Å². The monoisotopic (exact) mass is 409 g/mol. The highest BCUT2D eigenvalue weighted by atomic mass is 16.5. The number of anilines is 1. The van der Waals surface area contributed by atoms with E-state index in [0.29, 0.717) is 43.0 Å². The Morgan fingerprint density at radius 1 is 1.03 bits per heavy atom. The molecule has 1 N–H and O–H groups in total. The molecule has 0 saturated carbocycles. The lowest BCUT2D eigenvalue weighted by molar-refractivity contribution is -0.119. The highest BCUT2D eigenvalue weighted by molar-refractivity contribution is 5.97. The van der Waals surface area contributed by atoms with Crippen molar-refractivity contribution in [1.29, 1.82) is 0 Å². The fourth-order valence-corrected chi connectivity index (χ4v) is 3.38. The van der Waals surface area contributed by atoms with Gasteiger partial charge >= 0.3 is 0 Å². The Labute approximate surface area is 176 Å². The van der Waals surface area contributed by atoms with Crippen molar-refractivity contribution < 1.29 is 19.1 Å². The summed E-state index contributed by atoms with van der Waals surface area (Å²) in [6.45, 7) is 1.72. The van der Waals surface area contributed by atoms with Crippen molar-refractivity contribution in [3.8, 4) is 0 Å². The van der Waals surface area contributed by atoms with Crippen molar-refractivity contribution in [3.05, 3.63) is 65.7 Å². The number of benzene rings is 2. The lowest BCUT2D eigenvalue weighted by Gasteiger charge is -2.34. The molecule has 1 saturated heterocycles. The van der Waals surface area contributed by atoms with Crippen LogP contribution < -0.4 is 5.32 Å². The van der Waals surface area contributed by atoms with Crippen LogP contribution in [0.5, 0.6) is 0 Å². The highest BCUT2D eigenvalue weighted by Crippen LogP contribution is 2.15. The second-order valence-electron chi connectivity index (χ2n) is 7.52. The molecule has 30 heavy (non-hydrogen) atoms. The number of hydrogen-bond acceptors (Lipinski definition) is 5. The number of rotatable bonds is 7. The molecule has 7 heteroatoms. The number of nitrogens with one attached hydrogen (secondary N) is 1. The summed E-state index contributed by atoms with van der Waals surface area (Å²) in [5.74, 6) is -0.217. The Morgan fingerprint density at radius 3 is 2.40 bits per heavy atom. The van der Waals surface area contributed by atoms with Gasteiger partial charge in [-0.2, -0.15) is 0 Å². The van der Waals surface area contributed by atoms with E-state index in [1.165, 1.54) is 4.90 Å². The third-order valence-electron chi connectivity index (χ3n) is 5.03. The van der Waals surface area contributed by atoms with Crippen LogP contribution in [0.15, 0.2) is 54.6 Å². The van der Waals surface area contributed by atoms with Gasteiger partial charge in [-0.15, -0.1) is 0 Å². The summed E-state index contributed by atoms with van der Waals surface area (Å²) in [4.78, 5) is 40.6. The first-order valence-corrected chi connectivity index (χ1v) is 9.95. The molecule has 0 aliphatic carbocycles. The van der Waals surface area contributed by atoms with Gasteiger partial charge in [0.1, 0.15) is 0 Å². The van der Waals surface area contributed by atoms with Gasteiger partial charge in [-0.1, -0.05) is 30.3 Å². The predicted octanol–water partition coefficient (Wildman–Crippen LogP) is 2.30. The number of ketones is 1. The van der Waals surface area contributed by atoms with Crippen LogP contribution in [-0.4, -0.2) is 73.8 Å². The van der Waals surface area contributed by atoms with E-state index >= 15 is 0 Å². The molecule has 3 rings (SSSR count). The topological polar surface area (TPSA) is 79.0 Å². The van der Waals surface area contributed by atoms with Gasteiger partial charge in [-0.25, -0.2) is 0 Å². The minimum absolute atomic E-state index is 0.0395. The SMILES string of the molecule is CN(C)C(=O)c1ccc(NC(=O)CN2CCOCC2CC(=O)c2ccccc2)cc1. The molecule has 0 radical (unpaired) electrons. The van der Waals surface area contributed by atoms with Gasteiger partial charge < -0.3 is 15.0 Å². The summed E-state index contributed by atoms with van der Waals surface area (Å²) in [7, 11) is 3.39. The summed E-state index contributed by atoms with van der Waals surface area (Å²) in [5.41, 5.74) is 1.85. The summed E-state index contributed by atoms with van der Waals surface area (Å²) in [6, 6.07) is 15.8. The Balaban J connectivity index is 1.57. The number of hydrogen-bond donors (Lipinski definition) is 1. The molecule has 2 amide bonds. The van der Waals surface area contributed by atoms with Crippen molar-refractivity contribution in [2.45, 2.75) is 12.5 Å². The molecular weight excluding hydrogens is 382 g/mol. The zero-order valence-electron chi connectivity index (χ0n) is 17.3. The molecule has 1 atom stereocenters. The smallest absolute Gasteiger partial charge is 0.253 e. The Kier molecular flexibility index (Phi) is 7.32. The number of carbonyl (C=O) groups excluding carboxylic acids is 3. The molecule has 158 valence electrons. The third kappa shape index (κ3) is 5.75. The molecular formula is C23H27N3O4. The Morgan fingerprint density at radius 2 is 1.73 bits per heavy atom. The second kappa shape index (κ2) is 10.1. The van der Waals surface area contributed by atoms with Gasteiger partial charge in [0.05, 0.1) is 19.8 Å².